The number of benzene rings is 3. The number of carbonyl (C=O) groups is 2. The quantitative estimate of drug-likeness (QED) is 0.334. The Labute approximate surface area is 236 Å². The van der Waals surface area contributed by atoms with Gasteiger partial charge < -0.3 is 10.2 Å². The number of nitrogens with one attached hydrogen (secondary N) is 1. The number of sulfonamides is 1. The summed E-state index contributed by atoms with van der Waals surface area (Å²) in [4.78, 5) is 29.1. The number of nitrogens with zero attached hydrogens (tertiary/aromatic N) is 2. The zero-order valence-corrected chi connectivity index (χ0v) is 24.4. The molecule has 0 saturated heterocycles. The van der Waals surface area contributed by atoms with E-state index in [9.17, 15) is 18.0 Å². The van der Waals surface area contributed by atoms with Crippen LogP contribution in [0.1, 0.15) is 37.0 Å². The van der Waals surface area contributed by atoms with Gasteiger partial charge in [-0.3, -0.25) is 13.9 Å². The van der Waals surface area contributed by atoms with Gasteiger partial charge in [0.05, 0.1) is 11.9 Å². The van der Waals surface area contributed by atoms with E-state index in [1.807, 2.05) is 51.1 Å². The van der Waals surface area contributed by atoms with Crippen LogP contribution >= 0.6 is 11.6 Å². The van der Waals surface area contributed by atoms with Crippen LogP contribution < -0.4 is 9.62 Å². The highest BCUT2D eigenvalue weighted by atomic mass is 35.5. The van der Waals surface area contributed by atoms with Gasteiger partial charge in [0, 0.05) is 24.0 Å². The molecule has 0 aromatic heterocycles. The first kappa shape index (κ1) is 30.2. The third kappa shape index (κ3) is 8.83. The highest BCUT2D eigenvalue weighted by Crippen LogP contribution is 2.21. The third-order valence-corrected chi connectivity index (χ3v) is 7.93. The molecule has 0 aliphatic carbocycles. The standard InChI is InChI=1S/C30H36ClN3O4S/c1-5-23(3)32-30(36)28(19-24-9-7-6-8-10-24)33(20-25-13-15-26(31)16-14-25)29(35)21-34(39(4,37)38)27-17-11-22(2)12-18-27/h6-18,23,28H,5,19-21H2,1-4H3,(H,32,36)/t23-,28+/m1/s1. The fraction of sp³-hybridized carbons (Fsp3) is 0.333. The first-order valence-electron chi connectivity index (χ1n) is 12.9. The molecule has 0 spiro atoms. The monoisotopic (exact) mass is 569 g/mol. The van der Waals surface area contributed by atoms with Crippen LogP contribution in [0.4, 0.5) is 5.69 Å². The maximum atomic E-state index is 14.0. The summed E-state index contributed by atoms with van der Waals surface area (Å²) < 4.78 is 26.7. The third-order valence-electron chi connectivity index (χ3n) is 6.54. The number of anilines is 1. The van der Waals surface area contributed by atoms with E-state index < -0.39 is 28.5 Å². The Morgan fingerprint density at radius 1 is 0.923 bits per heavy atom. The first-order valence-corrected chi connectivity index (χ1v) is 15.1. The second-order valence-electron chi connectivity index (χ2n) is 9.78. The van der Waals surface area contributed by atoms with Gasteiger partial charge in [-0.15, -0.1) is 0 Å². The van der Waals surface area contributed by atoms with E-state index in [1.54, 1.807) is 48.5 Å². The molecule has 0 saturated carbocycles. The van der Waals surface area contributed by atoms with Gasteiger partial charge in [0.25, 0.3) is 0 Å². The van der Waals surface area contributed by atoms with E-state index >= 15 is 0 Å². The van der Waals surface area contributed by atoms with E-state index in [4.69, 9.17) is 11.6 Å². The van der Waals surface area contributed by atoms with Crippen molar-refractivity contribution in [1.82, 2.24) is 10.2 Å². The second kappa shape index (κ2) is 13.6. The topological polar surface area (TPSA) is 86.8 Å². The van der Waals surface area contributed by atoms with E-state index in [2.05, 4.69) is 5.32 Å². The molecular weight excluding hydrogens is 534 g/mol. The van der Waals surface area contributed by atoms with Gasteiger partial charge in [0.1, 0.15) is 12.6 Å². The minimum atomic E-state index is -3.80. The maximum Gasteiger partial charge on any atom is 0.244 e. The molecule has 0 fully saturated rings. The van der Waals surface area contributed by atoms with Crippen LogP contribution in [0.25, 0.3) is 0 Å². The lowest BCUT2D eigenvalue weighted by molar-refractivity contribution is -0.140. The van der Waals surface area contributed by atoms with Crippen molar-refractivity contribution >= 4 is 39.1 Å². The fourth-order valence-corrected chi connectivity index (χ4v) is 5.08. The van der Waals surface area contributed by atoms with Gasteiger partial charge in [-0.2, -0.15) is 0 Å². The first-order chi connectivity index (χ1) is 18.5. The Morgan fingerprint density at radius 2 is 1.54 bits per heavy atom. The van der Waals surface area contributed by atoms with Gasteiger partial charge in [-0.25, -0.2) is 8.42 Å². The van der Waals surface area contributed by atoms with Crippen molar-refractivity contribution in [1.29, 1.82) is 0 Å². The summed E-state index contributed by atoms with van der Waals surface area (Å²) in [6, 6.07) is 22.5. The van der Waals surface area contributed by atoms with Gasteiger partial charge in [0.15, 0.2) is 0 Å². The lowest BCUT2D eigenvalue weighted by atomic mass is 10.0. The molecule has 3 aromatic rings. The van der Waals surface area contributed by atoms with Crippen molar-refractivity contribution in [3.8, 4) is 0 Å². The van der Waals surface area contributed by atoms with Crippen molar-refractivity contribution in [2.45, 2.75) is 52.2 Å². The molecular formula is C30H36ClN3O4S. The maximum absolute atomic E-state index is 14.0. The van der Waals surface area contributed by atoms with Crippen molar-refractivity contribution in [2.75, 3.05) is 17.1 Å². The Kier molecular flexibility index (Phi) is 10.5. The molecule has 0 bridgehead atoms. The Bertz CT molecular complexity index is 1350. The minimum Gasteiger partial charge on any atom is -0.352 e. The number of amides is 2. The van der Waals surface area contributed by atoms with Crippen LogP contribution in [-0.2, 0) is 32.6 Å². The predicted octanol–water partition coefficient (Wildman–Crippen LogP) is 4.97. The summed E-state index contributed by atoms with van der Waals surface area (Å²) in [5, 5.41) is 3.57. The molecule has 0 unspecified atom stereocenters. The van der Waals surface area contributed by atoms with E-state index in [0.29, 0.717) is 10.7 Å². The molecule has 2 amide bonds. The Hall–Kier alpha value is -3.36. The molecule has 3 aromatic carbocycles. The Balaban J connectivity index is 2.04. The van der Waals surface area contributed by atoms with Crippen LogP contribution in [0.2, 0.25) is 5.02 Å². The molecule has 2 atom stereocenters. The molecule has 0 heterocycles. The van der Waals surface area contributed by atoms with Crippen LogP contribution in [0.3, 0.4) is 0 Å². The summed E-state index contributed by atoms with van der Waals surface area (Å²) in [6.07, 6.45) is 2.07. The van der Waals surface area contributed by atoms with Crippen molar-refractivity contribution in [3.05, 3.63) is 101 Å². The van der Waals surface area contributed by atoms with E-state index in [0.717, 1.165) is 33.7 Å². The molecule has 208 valence electrons. The minimum absolute atomic E-state index is 0.0941. The average Bonchev–Trinajstić information content (AvgIpc) is 2.90. The molecule has 7 nitrogen and oxygen atoms in total. The molecule has 0 aliphatic rings. The van der Waals surface area contributed by atoms with Gasteiger partial charge >= 0.3 is 0 Å². The highest BCUT2D eigenvalue weighted by Gasteiger charge is 2.33. The van der Waals surface area contributed by atoms with Crippen molar-refractivity contribution in [2.24, 2.45) is 0 Å². The van der Waals surface area contributed by atoms with Crippen molar-refractivity contribution in [3.63, 3.8) is 0 Å². The predicted molar refractivity (Wildman–Crippen MR) is 157 cm³/mol. The molecule has 39 heavy (non-hydrogen) atoms. The lowest BCUT2D eigenvalue weighted by Crippen LogP contribution is -2.54. The van der Waals surface area contributed by atoms with Gasteiger partial charge in [0.2, 0.25) is 21.8 Å². The lowest BCUT2D eigenvalue weighted by Gasteiger charge is -2.34. The van der Waals surface area contributed by atoms with E-state index in [1.165, 1.54) is 4.90 Å². The summed E-state index contributed by atoms with van der Waals surface area (Å²) in [5.41, 5.74) is 3.00. The number of hydrogen-bond acceptors (Lipinski definition) is 4. The fourth-order valence-electron chi connectivity index (χ4n) is 4.11. The summed E-state index contributed by atoms with van der Waals surface area (Å²) in [5.74, 6) is -0.784. The molecule has 0 aliphatic heterocycles. The molecule has 0 radical (unpaired) electrons. The normalized spacial score (nSPS) is 12.8. The molecule has 1 N–H and O–H groups in total. The van der Waals surface area contributed by atoms with Crippen LogP contribution in [-0.4, -0.2) is 50.0 Å². The smallest absolute Gasteiger partial charge is 0.244 e. The van der Waals surface area contributed by atoms with Crippen LogP contribution in [0.5, 0.6) is 0 Å². The highest BCUT2D eigenvalue weighted by molar-refractivity contribution is 7.92. The number of halogens is 1. The van der Waals surface area contributed by atoms with Crippen LogP contribution in [0.15, 0.2) is 78.9 Å². The second-order valence-corrected chi connectivity index (χ2v) is 12.1. The van der Waals surface area contributed by atoms with Crippen molar-refractivity contribution < 1.29 is 18.0 Å². The van der Waals surface area contributed by atoms with Gasteiger partial charge in [-0.05, 0) is 55.7 Å². The number of carbonyl (C=O) groups excluding carboxylic acids is 2. The summed E-state index contributed by atoms with van der Waals surface area (Å²) in [6.45, 7) is 5.44. The number of hydrogen-bond donors (Lipinski definition) is 1. The number of rotatable bonds is 12. The summed E-state index contributed by atoms with van der Waals surface area (Å²) in [7, 11) is -3.80. The zero-order valence-electron chi connectivity index (χ0n) is 22.8. The summed E-state index contributed by atoms with van der Waals surface area (Å²) >= 11 is 6.08. The number of aryl methyl sites for hydroxylation is 1. The Morgan fingerprint density at radius 3 is 2.10 bits per heavy atom. The molecule has 3 rings (SSSR count). The van der Waals surface area contributed by atoms with Crippen LogP contribution in [0, 0.1) is 6.92 Å². The van der Waals surface area contributed by atoms with Gasteiger partial charge in [-0.1, -0.05) is 78.7 Å². The van der Waals surface area contributed by atoms with E-state index in [-0.39, 0.29) is 24.9 Å². The SMILES string of the molecule is CC[C@@H](C)NC(=O)[C@H](Cc1ccccc1)N(Cc1ccc(Cl)cc1)C(=O)CN(c1ccc(C)cc1)S(C)(=O)=O. The average molecular weight is 570 g/mol. The molecule has 9 heteroatoms. The largest absolute Gasteiger partial charge is 0.352 e. The zero-order chi connectivity index (χ0) is 28.6.